The van der Waals surface area contributed by atoms with E-state index < -0.39 is 0 Å². The highest BCUT2D eigenvalue weighted by molar-refractivity contribution is 5.85. The molecule has 0 radical (unpaired) electrons. The summed E-state index contributed by atoms with van der Waals surface area (Å²) < 4.78 is 0. The molecule has 0 atom stereocenters. The molecule has 0 spiro atoms. The van der Waals surface area contributed by atoms with E-state index in [0.29, 0.717) is 12.1 Å². The van der Waals surface area contributed by atoms with Gasteiger partial charge in [0, 0.05) is 18.0 Å². The fraction of sp³-hybridized carbons (Fsp3) is 0.333. The minimum absolute atomic E-state index is 0. The quantitative estimate of drug-likeness (QED) is 0.685. The Morgan fingerprint density at radius 1 is 1.14 bits per heavy atom. The number of nitrogen functional groups attached to an aromatic ring is 2. The molecule has 3 nitrogen and oxygen atoms in total. The molecule has 14 heavy (non-hydrogen) atoms. The zero-order valence-corrected chi connectivity index (χ0v) is 9.62. The number of aliphatic hydroxyl groups excluding tert-OH is 1. The van der Waals surface area contributed by atoms with Crippen LogP contribution >= 0.6 is 24.8 Å². The van der Waals surface area contributed by atoms with Crippen molar-refractivity contribution in [2.75, 3.05) is 18.1 Å². The Balaban J connectivity index is 0. The average Bonchev–Trinajstić information content (AvgIpc) is 2.01. The molecule has 0 aromatic heterocycles. The summed E-state index contributed by atoms with van der Waals surface area (Å²) in [5.74, 6) is 0. The summed E-state index contributed by atoms with van der Waals surface area (Å²) in [6, 6.07) is 3.65. The normalized spacial score (nSPS) is 8.71. The van der Waals surface area contributed by atoms with Gasteiger partial charge in [0.15, 0.2) is 0 Å². The van der Waals surface area contributed by atoms with Gasteiger partial charge in [-0.25, -0.2) is 0 Å². The molecule has 0 amide bonds. The lowest BCUT2D eigenvalue weighted by Gasteiger charge is -2.07. The van der Waals surface area contributed by atoms with Crippen LogP contribution in [0.5, 0.6) is 0 Å². The summed E-state index contributed by atoms with van der Waals surface area (Å²) in [6.45, 7) is 2.01. The van der Waals surface area contributed by atoms with Crippen LogP contribution < -0.4 is 11.5 Å². The lowest BCUT2D eigenvalue weighted by atomic mass is 10.1. The number of hydrogen-bond acceptors (Lipinski definition) is 3. The van der Waals surface area contributed by atoms with E-state index in [1.54, 1.807) is 0 Å². The van der Waals surface area contributed by atoms with E-state index in [9.17, 15) is 0 Å². The number of anilines is 2. The second-order valence-corrected chi connectivity index (χ2v) is 2.88. The van der Waals surface area contributed by atoms with E-state index in [1.807, 2.05) is 19.1 Å². The Hall–Kier alpha value is -0.640. The van der Waals surface area contributed by atoms with Gasteiger partial charge in [-0.2, -0.15) is 0 Å². The Morgan fingerprint density at radius 2 is 1.71 bits per heavy atom. The van der Waals surface area contributed by atoms with Crippen molar-refractivity contribution >= 4 is 36.2 Å². The number of rotatable bonds is 2. The van der Waals surface area contributed by atoms with Crippen molar-refractivity contribution in [1.82, 2.24) is 0 Å². The number of hydrogen-bond donors (Lipinski definition) is 3. The number of halogens is 2. The second-order valence-electron chi connectivity index (χ2n) is 2.88. The highest BCUT2D eigenvalue weighted by Gasteiger charge is 2.01. The maximum absolute atomic E-state index is 8.71. The largest absolute Gasteiger partial charge is 0.399 e. The Bertz CT molecular complexity index is 292. The third-order valence-corrected chi connectivity index (χ3v) is 1.91. The molecular formula is C9H16Cl2N2O. The summed E-state index contributed by atoms with van der Waals surface area (Å²) in [7, 11) is 0. The molecule has 0 aliphatic rings. The van der Waals surface area contributed by atoms with Crippen LogP contribution in [-0.2, 0) is 6.42 Å². The smallest absolute Gasteiger partial charge is 0.0472 e. The van der Waals surface area contributed by atoms with Gasteiger partial charge in [0.1, 0.15) is 0 Å². The molecular weight excluding hydrogens is 223 g/mol. The molecule has 0 fully saturated rings. The predicted molar refractivity (Wildman–Crippen MR) is 65.3 cm³/mol. The molecule has 1 aromatic rings. The molecule has 0 saturated carbocycles. The third-order valence-electron chi connectivity index (χ3n) is 1.91. The van der Waals surface area contributed by atoms with Crippen LogP contribution in [0.25, 0.3) is 0 Å². The van der Waals surface area contributed by atoms with Gasteiger partial charge in [-0.1, -0.05) is 0 Å². The monoisotopic (exact) mass is 238 g/mol. The summed E-state index contributed by atoms with van der Waals surface area (Å²) >= 11 is 0. The third kappa shape index (κ3) is 3.62. The van der Waals surface area contributed by atoms with Crippen molar-refractivity contribution in [1.29, 1.82) is 0 Å². The maximum Gasteiger partial charge on any atom is 0.0472 e. The molecule has 0 bridgehead atoms. The van der Waals surface area contributed by atoms with Crippen molar-refractivity contribution in [3.05, 3.63) is 23.3 Å². The van der Waals surface area contributed by atoms with Crippen LogP contribution in [0, 0.1) is 6.92 Å². The van der Waals surface area contributed by atoms with Gasteiger partial charge in [0.25, 0.3) is 0 Å². The number of aliphatic hydroxyl groups is 1. The molecule has 0 aliphatic heterocycles. The number of nitrogens with two attached hydrogens (primary N) is 2. The van der Waals surface area contributed by atoms with E-state index in [2.05, 4.69) is 0 Å². The topological polar surface area (TPSA) is 72.3 Å². The first-order valence-electron chi connectivity index (χ1n) is 3.90. The molecule has 5 heteroatoms. The maximum atomic E-state index is 8.71. The van der Waals surface area contributed by atoms with Crippen LogP contribution in [0.15, 0.2) is 12.1 Å². The van der Waals surface area contributed by atoms with Crippen LogP contribution in [0.1, 0.15) is 11.1 Å². The molecule has 0 unspecified atom stereocenters. The van der Waals surface area contributed by atoms with Gasteiger partial charge in [-0.05, 0) is 36.6 Å². The Kier molecular flexibility index (Phi) is 7.64. The molecule has 0 saturated heterocycles. The van der Waals surface area contributed by atoms with E-state index >= 15 is 0 Å². The lowest BCUT2D eigenvalue weighted by Crippen LogP contribution is -2.01. The van der Waals surface area contributed by atoms with Gasteiger partial charge < -0.3 is 16.6 Å². The summed E-state index contributed by atoms with van der Waals surface area (Å²) in [5.41, 5.74) is 14.7. The number of aryl methyl sites for hydroxylation is 1. The van der Waals surface area contributed by atoms with Gasteiger partial charge in [0.2, 0.25) is 0 Å². The van der Waals surface area contributed by atoms with E-state index in [1.165, 1.54) is 0 Å². The van der Waals surface area contributed by atoms with E-state index in [0.717, 1.165) is 16.8 Å². The molecule has 0 aliphatic carbocycles. The van der Waals surface area contributed by atoms with Crippen molar-refractivity contribution < 1.29 is 5.11 Å². The minimum Gasteiger partial charge on any atom is -0.399 e. The fourth-order valence-electron chi connectivity index (χ4n) is 1.13. The Morgan fingerprint density at radius 3 is 2.21 bits per heavy atom. The van der Waals surface area contributed by atoms with Crippen molar-refractivity contribution in [2.24, 2.45) is 0 Å². The van der Waals surface area contributed by atoms with E-state index in [-0.39, 0.29) is 31.4 Å². The SMILES string of the molecule is Cc1cc(N)c(CCO)cc1N.Cl.Cl. The second kappa shape index (κ2) is 6.76. The summed E-state index contributed by atoms with van der Waals surface area (Å²) in [4.78, 5) is 0. The van der Waals surface area contributed by atoms with Crippen molar-refractivity contribution in [3.8, 4) is 0 Å². The van der Waals surface area contributed by atoms with Gasteiger partial charge in [-0.3, -0.25) is 0 Å². The first kappa shape index (κ1) is 15.8. The lowest BCUT2D eigenvalue weighted by molar-refractivity contribution is 0.300. The fourth-order valence-corrected chi connectivity index (χ4v) is 1.13. The van der Waals surface area contributed by atoms with Crippen molar-refractivity contribution in [2.45, 2.75) is 13.3 Å². The highest BCUT2D eigenvalue weighted by Crippen LogP contribution is 2.20. The first-order valence-corrected chi connectivity index (χ1v) is 3.90. The Labute approximate surface area is 96.3 Å². The van der Waals surface area contributed by atoms with Crippen LogP contribution in [0.4, 0.5) is 11.4 Å². The molecule has 1 aromatic carbocycles. The first-order chi connectivity index (χ1) is 5.65. The van der Waals surface area contributed by atoms with Crippen LogP contribution in [0.3, 0.4) is 0 Å². The molecule has 0 heterocycles. The van der Waals surface area contributed by atoms with Crippen LogP contribution in [-0.4, -0.2) is 11.7 Å². The van der Waals surface area contributed by atoms with E-state index in [4.69, 9.17) is 16.6 Å². The zero-order valence-electron chi connectivity index (χ0n) is 7.99. The average molecular weight is 239 g/mol. The summed E-state index contributed by atoms with van der Waals surface area (Å²) in [5, 5.41) is 8.71. The molecule has 1 rings (SSSR count). The highest BCUT2D eigenvalue weighted by atomic mass is 35.5. The zero-order chi connectivity index (χ0) is 9.14. The predicted octanol–water partition coefficient (Wildman–Crippen LogP) is 1.54. The van der Waals surface area contributed by atoms with Gasteiger partial charge in [0.05, 0.1) is 0 Å². The minimum atomic E-state index is 0. The standard InChI is InChI=1S/C9H14N2O.2ClH/c1-6-4-9(11)7(2-3-12)5-8(6)10;;/h4-5,12H,2-3,10-11H2,1H3;2*1H. The molecule has 5 N–H and O–H groups in total. The van der Waals surface area contributed by atoms with Crippen LogP contribution in [0.2, 0.25) is 0 Å². The molecule has 82 valence electrons. The van der Waals surface area contributed by atoms with Crippen molar-refractivity contribution in [3.63, 3.8) is 0 Å². The van der Waals surface area contributed by atoms with Gasteiger partial charge >= 0.3 is 0 Å². The van der Waals surface area contributed by atoms with Gasteiger partial charge in [-0.15, -0.1) is 24.8 Å². The number of benzene rings is 1. The summed E-state index contributed by atoms with van der Waals surface area (Å²) in [6.07, 6.45) is 0.566.